The molecule has 3 N–H and O–H groups in total. The van der Waals surface area contributed by atoms with Gasteiger partial charge in [-0.1, -0.05) is 13.3 Å². The van der Waals surface area contributed by atoms with Crippen molar-refractivity contribution in [3.05, 3.63) is 0 Å². The topological polar surface area (TPSA) is 61.7 Å². The van der Waals surface area contributed by atoms with Gasteiger partial charge in [-0.2, -0.15) is 0 Å². The maximum absolute atomic E-state index is 9.09. The van der Waals surface area contributed by atoms with E-state index in [2.05, 4.69) is 12.2 Å². The van der Waals surface area contributed by atoms with Gasteiger partial charge in [0.25, 0.3) is 0 Å². The monoisotopic (exact) mass is 191 g/mol. The molecule has 0 heterocycles. The molecule has 0 aliphatic carbocycles. The van der Waals surface area contributed by atoms with Crippen molar-refractivity contribution in [1.29, 1.82) is 0 Å². The van der Waals surface area contributed by atoms with E-state index < -0.39 is 6.10 Å². The summed E-state index contributed by atoms with van der Waals surface area (Å²) in [6.45, 7) is 2.97. The molecule has 0 spiro atoms. The molecule has 4 nitrogen and oxygen atoms in total. The van der Waals surface area contributed by atoms with Crippen LogP contribution in [0, 0.1) is 0 Å². The fourth-order valence-corrected chi connectivity index (χ4v) is 1.16. The van der Waals surface area contributed by atoms with Crippen molar-refractivity contribution in [2.75, 3.05) is 26.9 Å². The Morgan fingerprint density at radius 1 is 1.46 bits per heavy atom. The molecule has 80 valence electrons. The van der Waals surface area contributed by atoms with Gasteiger partial charge >= 0.3 is 0 Å². The van der Waals surface area contributed by atoms with Crippen LogP contribution in [0.2, 0.25) is 0 Å². The molecule has 0 fully saturated rings. The zero-order valence-electron chi connectivity index (χ0n) is 8.49. The fourth-order valence-electron chi connectivity index (χ4n) is 1.16. The number of aliphatic hydroxyl groups excluding tert-OH is 2. The minimum absolute atomic E-state index is 0.196. The van der Waals surface area contributed by atoms with E-state index in [4.69, 9.17) is 14.9 Å². The molecule has 0 saturated carbocycles. The minimum Gasteiger partial charge on any atom is -0.394 e. The van der Waals surface area contributed by atoms with Crippen LogP contribution < -0.4 is 5.32 Å². The van der Waals surface area contributed by atoms with Crippen molar-refractivity contribution in [1.82, 2.24) is 5.32 Å². The van der Waals surface area contributed by atoms with E-state index in [1.165, 1.54) is 0 Å². The van der Waals surface area contributed by atoms with Gasteiger partial charge in [-0.15, -0.1) is 0 Å². The van der Waals surface area contributed by atoms with Crippen molar-refractivity contribution in [2.45, 2.75) is 31.9 Å². The number of hydrogen-bond donors (Lipinski definition) is 3. The quantitative estimate of drug-likeness (QED) is 0.495. The molecule has 13 heavy (non-hydrogen) atoms. The van der Waals surface area contributed by atoms with Crippen LogP contribution in [0.4, 0.5) is 0 Å². The zero-order valence-corrected chi connectivity index (χ0v) is 8.49. The van der Waals surface area contributed by atoms with Crippen LogP contribution in [-0.2, 0) is 4.74 Å². The summed E-state index contributed by atoms with van der Waals surface area (Å²) >= 11 is 0. The summed E-state index contributed by atoms with van der Waals surface area (Å²) in [5, 5.41) is 20.8. The molecule has 0 aliphatic heterocycles. The Hall–Kier alpha value is -0.160. The lowest BCUT2D eigenvalue weighted by Gasteiger charge is -2.18. The van der Waals surface area contributed by atoms with Gasteiger partial charge in [0, 0.05) is 19.7 Å². The Balaban J connectivity index is 3.55. The molecular weight excluding hydrogens is 170 g/mol. The second kappa shape index (κ2) is 8.44. The van der Waals surface area contributed by atoms with Gasteiger partial charge in [-0.25, -0.2) is 0 Å². The van der Waals surface area contributed by atoms with Crippen molar-refractivity contribution in [2.24, 2.45) is 0 Å². The number of nitrogens with one attached hydrogen (secondary N) is 1. The highest BCUT2D eigenvalue weighted by Crippen LogP contribution is 1.97. The molecule has 1 unspecified atom stereocenters. The lowest BCUT2D eigenvalue weighted by Crippen LogP contribution is -2.39. The number of hydrogen-bond acceptors (Lipinski definition) is 4. The average molecular weight is 191 g/mol. The Morgan fingerprint density at radius 2 is 2.15 bits per heavy atom. The summed E-state index contributed by atoms with van der Waals surface area (Å²) in [6.07, 6.45) is 1.43. The molecule has 0 amide bonds. The first kappa shape index (κ1) is 12.8. The number of rotatable bonds is 8. The highest BCUT2D eigenvalue weighted by molar-refractivity contribution is 4.68. The van der Waals surface area contributed by atoms with E-state index >= 15 is 0 Å². The Kier molecular flexibility index (Phi) is 8.33. The van der Waals surface area contributed by atoms with Gasteiger partial charge in [0.1, 0.15) is 0 Å². The number of aliphatic hydroxyl groups is 2. The molecule has 0 aliphatic rings. The molecular formula is C9H21NO3. The molecule has 0 rings (SSSR count). The first-order valence-electron chi connectivity index (χ1n) is 4.75. The van der Waals surface area contributed by atoms with Crippen molar-refractivity contribution >= 4 is 0 Å². The minimum atomic E-state index is -0.670. The molecule has 0 aromatic rings. The molecule has 0 aromatic carbocycles. The number of methoxy groups -OCH3 is 1. The third-order valence-electron chi connectivity index (χ3n) is 1.86. The van der Waals surface area contributed by atoms with Crippen molar-refractivity contribution < 1.29 is 14.9 Å². The molecule has 2 atom stereocenters. The molecule has 0 radical (unpaired) electrons. The molecule has 0 bridgehead atoms. The van der Waals surface area contributed by atoms with Crippen LogP contribution in [-0.4, -0.2) is 49.2 Å². The van der Waals surface area contributed by atoms with Crippen LogP contribution in [0.15, 0.2) is 0 Å². The third-order valence-corrected chi connectivity index (χ3v) is 1.86. The summed E-state index contributed by atoms with van der Waals surface area (Å²) in [6, 6.07) is 0.274. The fraction of sp³-hybridized carbons (Fsp3) is 1.00. The van der Waals surface area contributed by atoms with E-state index in [-0.39, 0.29) is 12.6 Å². The van der Waals surface area contributed by atoms with Crippen molar-refractivity contribution in [3.63, 3.8) is 0 Å². The van der Waals surface area contributed by atoms with Gasteiger partial charge in [-0.3, -0.25) is 0 Å². The summed E-state index contributed by atoms with van der Waals surface area (Å²) < 4.78 is 5.02. The smallest absolute Gasteiger partial charge is 0.0895 e. The Bertz CT molecular complexity index is 105. The lowest BCUT2D eigenvalue weighted by atomic mass is 10.2. The van der Waals surface area contributed by atoms with Gasteiger partial charge in [0.15, 0.2) is 0 Å². The highest BCUT2D eigenvalue weighted by Gasteiger charge is 2.08. The Labute approximate surface area is 79.9 Å². The van der Waals surface area contributed by atoms with Crippen LogP contribution in [0.3, 0.4) is 0 Å². The predicted molar refractivity (Wildman–Crippen MR) is 51.7 cm³/mol. The zero-order chi connectivity index (χ0) is 10.1. The van der Waals surface area contributed by atoms with E-state index in [0.29, 0.717) is 13.2 Å². The lowest BCUT2D eigenvalue weighted by molar-refractivity contribution is 0.0848. The van der Waals surface area contributed by atoms with E-state index in [9.17, 15) is 0 Å². The largest absolute Gasteiger partial charge is 0.394 e. The summed E-state index contributed by atoms with van der Waals surface area (Å²) in [5.74, 6) is 0. The van der Waals surface area contributed by atoms with Crippen LogP contribution in [0.5, 0.6) is 0 Å². The normalized spacial score (nSPS) is 15.7. The van der Waals surface area contributed by atoms with Crippen molar-refractivity contribution in [3.8, 4) is 0 Å². The van der Waals surface area contributed by atoms with Gasteiger partial charge in [0.05, 0.1) is 19.3 Å². The van der Waals surface area contributed by atoms with Crippen LogP contribution >= 0.6 is 0 Å². The molecule has 0 saturated heterocycles. The number of ether oxygens (including phenoxy) is 1. The van der Waals surface area contributed by atoms with Gasteiger partial charge in [-0.05, 0) is 6.42 Å². The second-order valence-electron chi connectivity index (χ2n) is 3.19. The second-order valence-corrected chi connectivity index (χ2v) is 3.19. The van der Waals surface area contributed by atoms with Crippen LogP contribution in [0.25, 0.3) is 0 Å². The molecule has 4 heteroatoms. The van der Waals surface area contributed by atoms with E-state index in [1.807, 2.05) is 0 Å². The first-order chi connectivity index (χ1) is 6.24. The molecule has 0 aromatic heterocycles. The van der Waals surface area contributed by atoms with E-state index in [0.717, 1.165) is 12.8 Å². The summed E-state index contributed by atoms with van der Waals surface area (Å²) in [5.41, 5.74) is 0. The van der Waals surface area contributed by atoms with Crippen LogP contribution in [0.1, 0.15) is 19.8 Å². The standard InChI is InChI=1S/C9H21NO3/c1-3-4-8(7-13-2)10-5-9(12)6-11/h8-12H,3-7H2,1-2H3/t8?,9-/m0/s1. The predicted octanol–water partition coefficient (Wildman–Crippen LogP) is -0.256. The first-order valence-corrected chi connectivity index (χ1v) is 4.75. The maximum Gasteiger partial charge on any atom is 0.0895 e. The summed E-state index contributed by atoms with van der Waals surface area (Å²) in [4.78, 5) is 0. The summed E-state index contributed by atoms with van der Waals surface area (Å²) in [7, 11) is 1.66. The maximum atomic E-state index is 9.09. The SMILES string of the molecule is CCCC(COC)NC[C@H](O)CO. The Morgan fingerprint density at radius 3 is 2.62 bits per heavy atom. The van der Waals surface area contributed by atoms with E-state index in [1.54, 1.807) is 7.11 Å². The highest BCUT2D eigenvalue weighted by atomic mass is 16.5. The average Bonchev–Trinajstić information content (AvgIpc) is 2.14. The van der Waals surface area contributed by atoms with Gasteiger partial charge < -0.3 is 20.3 Å². The van der Waals surface area contributed by atoms with Gasteiger partial charge in [0.2, 0.25) is 0 Å². The third kappa shape index (κ3) is 6.95.